The van der Waals surface area contributed by atoms with Gasteiger partial charge in [0.2, 0.25) is 0 Å². The first-order valence-corrected chi connectivity index (χ1v) is 11.1. The van der Waals surface area contributed by atoms with Crippen LogP contribution in [-0.4, -0.2) is 37.1 Å². The lowest BCUT2D eigenvalue weighted by molar-refractivity contribution is 0.0518. The molecule has 0 fully saturated rings. The second kappa shape index (κ2) is 7.91. The summed E-state index contributed by atoms with van der Waals surface area (Å²) >= 11 is 0. The molecule has 0 aliphatic carbocycles. The predicted molar refractivity (Wildman–Crippen MR) is 124 cm³/mol. The molecule has 168 valence electrons. The van der Waals surface area contributed by atoms with Crippen LogP contribution in [0.1, 0.15) is 40.1 Å². The SMILES string of the molecule is CCOC(=O)c1ncnc2c1Cc1cnc(Cc3c[nH]c4ccccc34)n1-c1cc(F)ccc1-2. The summed E-state index contributed by atoms with van der Waals surface area (Å²) in [6.07, 6.45) is 6.02. The summed E-state index contributed by atoms with van der Waals surface area (Å²) < 4.78 is 21.7. The molecule has 34 heavy (non-hydrogen) atoms. The number of esters is 1. The van der Waals surface area contributed by atoms with Crippen LogP contribution in [0.3, 0.4) is 0 Å². The van der Waals surface area contributed by atoms with Crippen LogP contribution in [0.5, 0.6) is 0 Å². The van der Waals surface area contributed by atoms with Crippen molar-refractivity contribution < 1.29 is 13.9 Å². The molecule has 0 saturated carbocycles. The molecule has 5 aromatic rings. The Morgan fingerprint density at radius 2 is 2.06 bits per heavy atom. The van der Waals surface area contributed by atoms with E-state index in [2.05, 4.69) is 21.0 Å². The second-order valence-corrected chi connectivity index (χ2v) is 8.15. The monoisotopic (exact) mass is 453 g/mol. The van der Waals surface area contributed by atoms with E-state index in [1.54, 1.807) is 19.2 Å². The molecule has 0 spiro atoms. The van der Waals surface area contributed by atoms with Gasteiger partial charge in [-0.1, -0.05) is 18.2 Å². The molecule has 2 aromatic carbocycles. The summed E-state index contributed by atoms with van der Waals surface area (Å²) in [6, 6.07) is 12.7. The van der Waals surface area contributed by atoms with Gasteiger partial charge in [0.15, 0.2) is 5.69 Å². The molecule has 1 aliphatic rings. The largest absolute Gasteiger partial charge is 0.461 e. The molecule has 0 unspecified atom stereocenters. The first-order valence-electron chi connectivity index (χ1n) is 11.1. The Labute approximate surface area is 194 Å². The number of halogens is 1. The van der Waals surface area contributed by atoms with Crippen molar-refractivity contribution in [2.24, 2.45) is 0 Å². The van der Waals surface area contributed by atoms with Crippen molar-refractivity contribution in [3.63, 3.8) is 0 Å². The zero-order valence-corrected chi connectivity index (χ0v) is 18.4. The minimum atomic E-state index is -0.503. The molecule has 6 rings (SSSR count). The van der Waals surface area contributed by atoms with Gasteiger partial charge in [0.25, 0.3) is 0 Å². The third-order valence-corrected chi connectivity index (χ3v) is 6.16. The summed E-state index contributed by atoms with van der Waals surface area (Å²) in [5.41, 5.74) is 5.76. The van der Waals surface area contributed by atoms with Gasteiger partial charge >= 0.3 is 5.97 Å². The van der Waals surface area contributed by atoms with E-state index in [0.29, 0.717) is 35.3 Å². The quantitative estimate of drug-likeness (QED) is 0.394. The van der Waals surface area contributed by atoms with Crippen LogP contribution in [0.4, 0.5) is 4.39 Å². The Morgan fingerprint density at radius 3 is 2.94 bits per heavy atom. The van der Waals surface area contributed by atoms with Crippen LogP contribution in [0, 0.1) is 5.82 Å². The number of para-hydroxylation sites is 1. The van der Waals surface area contributed by atoms with Crippen molar-refractivity contribution in [3.8, 4) is 16.9 Å². The van der Waals surface area contributed by atoms with Crippen LogP contribution in [-0.2, 0) is 17.6 Å². The fourth-order valence-corrected chi connectivity index (χ4v) is 4.68. The van der Waals surface area contributed by atoms with Crippen molar-refractivity contribution in [2.45, 2.75) is 19.8 Å². The molecule has 0 radical (unpaired) electrons. The van der Waals surface area contributed by atoms with Gasteiger partial charge in [-0.2, -0.15) is 0 Å². The molecule has 0 amide bonds. The highest BCUT2D eigenvalue weighted by atomic mass is 19.1. The van der Waals surface area contributed by atoms with E-state index < -0.39 is 5.97 Å². The lowest BCUT2D eigenvalue weighted by Crippen LogP contribution is -2.12. The summed E-state index contributed by atoms with van der Waals surface area (Å²) in [5, 5.41) is 1.12. The normalized spacial score (nSPS) is 12.1. The zero-order valence-electron chi connectivity index (χ0n) is 18.4. The first kappa shape index (κ1) is 20.3. The number of ether oxygens (including phenoxy) is 1. The van der Waals surface area contributed by atoms with E-state index >= 15 is 0 Å². The number of H-pyrrole nitrogens is 1. The molecule has 1 N–H and O–H groups in total. The first-order chi connectivity index (χ1) is 16.6. The van der Waals surface area contributed by atoms with E-state index in [9.17, 15) is 9.18 Å². The number of rotatable bonds is 4. The molecule has 4 heterocycles. The molecule has 1 aliphatic heterocycles. The minimum absolute atomic E-state index is 0.218. The van der Waals surface area contributed by atoms with Gasteiger partial charge in [-0.05, 0) is 36.8 Å². The number of aromatic nitrogens is 5. The highest BCUT2D eigenvalue weighted by molar-refractivity contribution is 5.92. The van der Waals surface area contributed by atoms with Crippen molar-refractivity contribution >= 4 is 16.9 Å². The summed E-state index contributed by atoms with van der Waals surface area (Å²) in [7, 11) is 0. The fraction of sp³-hybridized carbons (Fsp3) is 0.154. The van der Waals surface area contributed by atoms with E-state index in [1.165, 1.54) is 18.5 Å². The maximum absolute atomic E-state index is 14.5. The van der Waals surface area contributed by atoms with Crippen LogP contribution in [0.25, 0.3) is 27.8 Å². The Morgan fingerprint density at radius 1 is 1.18 bits per heavy atom. The zero-order chi connectivity index (χ0) is 23.2. The smallest absolute Gasteiger partial charge is 0.357 e. The van der Waals surface area contributed by atoms with Gasteiger partial charge in [-0.25, -0.2) is 24.1 Å². The molecule has 0 saturated heterocycles. The number of benzene rings is 2. The van der Waals surface area contributed by atoms with E-state index in [0.717, 1.165) is 28.0 Å². The summed E-state index contributed by atoms with van der Waals surface area (Å²) in [5.74, 6) is -0.0959. The average molecular weight is 453 g/mol. The number of aromatic amines is 1. The van der Waals surface area contributed by atoms with Crippen LogP contribution < -0.4 is 0 Å². The number of hydrogen-bond acceptors (Lipinski definition) is 5. The molecule has 0 atom stereocenters. The second-order valence-electron chi connectivity index (χ2n) is 8.15. The molecule has 7 nitrogen and oxygen atoms in total. The Hall–Kier alpha value is -4.33. The topological polar surface area (TPSA) is 85.7 Å². The minimum Gasteiger partial charge on any atom is -0.461 e. The van der Waals surface area contributed by atoms with Gasteiger partial charge in [-0.3, -0.25) is 4.57 Å². The standard InChI is InChI=1S/C26H20FN5O2/c1-2-34-26(33)25-20-11-17-13-29-23(9-15-12-28-21-6-4-3-5-18(15)21)32(17)22-10-16(27)7-8-19(22)24(20)30-14-31-25/h3-8,10,12-14,28H,2,9,11H2,1H3. The number of nitrogens with one attached hydrogen (secondary N) is 1. The van der Waals surface area contributed by atoms with E-state index in [-0.39, 0.29) is 18.1 Å². The number of carbonyl (C=O) groups excluding carboxylic acids is 1. The number of hydrogen-bond donors (Lipinski definition) is 1. The summed E-state index contributed by atoms with van der Waals surface area (Å²) in [4.78, 5) is 29.4. The van der Waals surface area contributed by atoms with Crippen molar-refractivity contribution in [1.82, 2.24) is 24.5 Å². The number of carbonyl (C=O) groups is 1. The van der Waals surface area contributed by atoms with Gasteiger partial charge < -0.3 is 9.72 Å². The molecular formula is C26H20FN5O2. The predicted octanol–water partition coefficient (Wildman–Crippen LogP) is 4.62. The number of fused-ring (bicyclic) bond motifs is 6. The maximum atomic E-state index is 14.5. The Balaban J connectivity index is 1.54. The third kappa shape index (κ3) is 3.18. The van der Waals surface area contributed by atoms with E-state index in [1.807, 2.05) is 29.0 Å². The lowest BCUT2D eigenvalue weighted by atomic mass is 10.0. The van der Waals surface area contributed by atoms with Crippen molar-refractivity contribution in [3.05, 3.63) is 95.3 Å². The summed E-state index contributed by atoms with van der Waals surface area (Å²) in [6.45, 7) is 1.99. The lowest BCUT2D eigenvalue weighted by Gasteiger charge is -2.13. The van der Waals surface area contributed by atoms with Crippen LogP contribution >= 0.6 is 0 Å². The Kier molecular flexibility index (Phi) is 4.72. The van der Waals surface area contributed by atoms with Gasteiger partial charge in [-0.15, -0.1) is 0 Å². The average Bonchev–Trinajstić information content (AvgIpc) is 3.40. The number of nitrogens with zero attached hydrogens (tertiary/aromatic N) is 4. The van der Waals surface area contributed by atoms with Crippen molar-refractivity contribution in [2.75, 3.05) is 6.61 Å². The fourth-order valence-electron chi connectivity index (χ4n) is 4.68. The Bertz CT molecular complexity index is 1570. The maximum Gasteiger partial charge on any atom is 0.357 e. The van der Waals surface area contributed by atoms with Gasteiger partial charge in [0, 0.05) is 53.0 Å². The number of imidazole rings is 1. The molecule has 3 aromatic heterocycles. The van der Waals surface area contributed by atoms with Crippen molar-refractivity contribution in [1.29, 1.82) is 0 Å². The molecular weight excluding hydrogens is 433 g/mol. The highest BCUT2D eigenvalue weighted by Crippen LogP contribution is 2.37. The molecule has 8 heteroatoms. The molecule has 0 bridgehead atoms. The highest BCUT2D eigenvalue weighted by Gasteiger charge is 2.28. The van der Waals surface area contributed by atoms with Gasteiger partial charge in [0.1, 0.15) is 18.0 Å². The van der Waals surface area contributed by atoms with Crippen LogP contribution in [0.2, 0.25) is 0 Å². The van der Waals surface area contributed by atoms with E-state index in [4.69, 9.17) is 9.72 Å². The third-order valence-electron chi connectivity index (χ3n) is 6.16. The van der Waals surface area contributed by atoms with Crippen LogP contribution in [0.15, 0.2) is 61.2 Å². The van der Waals surface area contributed by atoms with Gasteiger partial charge in [0.05, 0.1) is 18.0 Å².